The van der Waals surface area contributed by atoms with Crippen LogP contribution >= 0.6 is 0 Å². The van der Waals surface area contributed by atoms with Gasteiger partial charge in [0.1, 0.15) is 22.3 Å². The molecule has 14 aromatic carbocycles. The zero-order chi connectivity index (χ0) is 93.8. The van der Waals surface area contributed by atoms with Gasteiger partial charge in [-0.1, -0.05) is 236 Å². The second-order valence-corrected chi connectivity index (χ2v) is 21.9. The predicted octanol–water partition coefficient (Wildman–Crippen LogP) is 23.8. The van der Waals surface area contributed by atoms with Gasteiger partial charge in [0.25, 0.3) is 0 Å². The average Bonchev–Trinajstić information content (AvgIpc) is 1.53. The quantitative estimate of drug-likeness (QED) is 0.128. The van der Waals surface area contributed by atoms with Crippen LogP contribution < -0.4 is 0 Å². The molecule has 0 aliphatic carbocycles. The molecule has 8 heteroatoms. The summed E-state index contributed by atoms with van der Waals surface area (Å²) in [7, 11) is 0. The predicted molar refractivity (Wildman–Crippen MR) is 393 cm³/mol. The minimum atomic E-state index is -1.01. The Labute approximate surface area is 600 Å². The molecule has 0 unspecified atom stereocenters. The van der Waals surface area contributed by atoms with E-state index in [1.165, 1.54) is 88.0 Å². The van der Waals surface area contributed by atoms with Crippen LogP contribution in [0.5, 0.6) is 0 Å². The van der Waals surface area contributed by atoms with Gasteiger partial charge in [0, 0.05) is 54.6 Å². The van der Waals surface area contributed by atoms with Crippen molar-refractivity contribution < 1.29 is 56.8 Å². The van der Waals surface area contributed by atoms with E-state index in [2.05, 4.69) is 9.83 Å². The minimum Gasteiger partial charge on any atom is -0.455 e. The Morgan fingerprint density at radius 2 is 0.635 bits per heavy atom. The van der Waals surface area contributed by atoms with E-state index in [9.17, 15) is 24.4 Å². The molecular formula is C88H52N6O2. The number of furan rings is 2. The smallest absolute Gasteiger partial charge is 0.213 e. The maximum absolute atomic E-state index is 10.4. The Morgan fingerprint density at radius 1 is 0.302 bits per heavy atom. The Morgan fingerprint density at radius 3 is 1.03 bits per heavy atom. The highest BCUT2D eigenvalue weighted by Gasteiger charge is 2.32. The first-order chi connectivity index (χ1) is 62.1. The van der Waals surface area contributed by atoms with Crippen molar-refractivity contribution in [3.63, 3.8) is 0 Å². The Balaban J connectivity index is 1.07. The van der Waals surface area contributed by atoms with Gasteiger partial charge in [-0.2, -0.15) is 0 Å². The van der Waals surface area contributed by atoms with Crippen molar-refractivity contribution in [3.8, 4) is 101 Å². The molecule has 19 aromatic rings. The first kappa shape index (κ1) is 30.0. The molecule has 96 heavy (non-hydrogen) atoms. The number of rotatable bonds is 10. The fraction of sp³-hybridized carbons (Fsp3) is 0. The number of aromatic nitrogens is 5. The van der Waals surface area contributed by atoms with Gasteiger partial charge in [0.2, 0.25) is 5.69 Å². The Hall–Kier alpha value is -13.2. The van der Waals surface area contributed by atoms with E-state index in [0.29, 0.717) is 0 Å². The standard InChI is InChI=1S/C88H52N6O2/c1-89-72-53-71(88-91-86(59-33-19-7-20-34-59)90-87(92-88)60-35-21-8-22-36-60)79(58-31-17-6-18-32-58)83(94-74-44-38-62(55-25-11-3-12-26-55)52-70(74)81-76(94)46-42-66-68-50-64(57-29-15-5-16-30-57)40-48-78(68)96-85(66)81)82(72)93-73-43-37-61(54-23-9-2-10-24-54)51-69(73)80-75(93)45-41-65-67-49-63(56-27-13-4-14-28-56)39-47-77(67)95-84(65)80/h2-53H/i2D,3D,4D,5D,6D,7D,8D,9D,10D,11D,12D,13D,14D,15D,16D,17D,18D,19D,20D,21D,22D,23D,24D,25D,26D,27D,28D,29D,30D,31D,32D,33D,34D,35D,36D. The lowest BCUT2D eigenvalue weighted by Crippen LogP contribution is -2.09. The molecule has 0 aliphatic heterocycles. The zero-order valence-electron chi connectivity index (χ0n) is 83.8. The second kappa shape index (κ2) is 22.0. The summed E-state index contributed by atoms with van der Waals surface area (Å²) < 4.78 is 335. The van der Waals surface area contributed by atoms with E-state index >= 15 is 0 Å². The molecule has 0 saturated carbocycles. The van der Waals surface area contributed by atoms with Crippen LogP contribution in [0.4, 0.5) is 5.69 Å². The Kier molecular flexibility index (Phi) is 6.88. The molecule has 0 aliphatic rings. The molecule has 5 heterocycles. The molecule has 0 amide bonds. The largest absolute Gasteiger partial charge is 0.455 e. The van der Waals surface area contributed by atoms with Crippen LogP contribution in [0.2, 0.25) is 0 Å². The lowest BCUT2D eigenvalue weighted by Gasteiger charge is -2.25. The van der Waals surface area contributed by atoms with Gasteiger partial charge in [0.05, 0.1) is 98.8 Å². The van der Waals surface area contributed by atoms with Crippen LogP contribution in [0.15, 0.2) is 323 Å². The summed E-state index contributed by atoms with van der Waals surface area (Å²) in [5, 5.41) is 1.25. The van der Waals surface area contributed by atoms with Gasteiger partial charge in [-0.25, -0.2) is 19.8 Å². The van der Waals surface area contributed by atoms with Crippen molar-refractivity contribution in [2.24, 2.45) is 0 Å². The fourth-order valence-electron chi connectivity index (χ4n) is 12.8. The molecule has 0 fully saturated rings. The number of fused-ring (bicyclic) bond motifs is 14. The maximum atomic E-state index is 10.4. The van der Waals surface area contributed by atoms with Crippen LogP contribution in [0.3, 0.4) is 0 Å². The maximum Gasteiger partial charge on any atom is 0.213 e. The summed E-state index contributed by atoms with van der Waals surface area (Å²) >= 11 is 0. The molecule has 446 valence electrons. The van der Waals surface area contributed by atoms with Gasteiger partial charge in [-0.15, -0.1) is 0 Å². The molecule has 0 spiro atoms. The third kappa shape index (κ3) is 8.72. The zero-order valence-corrected chi connectivity index (χ0v) is 48.8. The number of hydrogen-bond donors (Lipinski definition) is 0. The van der Waals surface area contributed by atoms with E-state index in [0.717, 1.165) is 6.07 Å². The summed E-state index contributed by atoms with van der Waals surface area (Å²) in [4.78, 5) is 18.6. The molecule has 8 nitrogen and oxygen atoms in total. The average molecular weight is 1260 g/mol. The molecule has 5 aromatic heterocycles. The molecule has 19 rings (SSSR count). The van der Waals surface area contributed by atoms with E-state index < -0.39 is 268 Å². The van der Waals surface area contributed by atoms with Crippen molar-refractivity contribution >= 4 is 93.2 Å². The van der Waals surface area contributed by atoms with E-state index in [1.807, 2.05) is 0 Å². The Bertz CT molecular complexity index is 8360. The molecule has 0 saturated heterocycles. The summed E-state index contributed by atoms with van der Waals surface area (Å²) in [6, 6.07) is -2.83. The second-order valence-electron chi connectivity index (χ2n) is 21.9. The van der Waals surface area contributed by atoms with Crippen LogP contribution in [-0.4, -0.2) is 24.1 Å². The highest BCUT2D eigenvalue weighted by molar-refractivity contribution is 6.27. The van der Waals surface area contributed by atoms with Crippen molar-refractivity contribution in [1.29, 1.82) is 0 Å². The lowest BCUT2D eigenvalue weighted by molar-refractivity contribution is 0.672. The highest BCUT2D eigenvalue weighted by atomic mass is 16.3. The summed E-state index contributed by atoms with van der Waals surface area (Å²) in [5.74, 6) is -2.58. The molecular weight excluding hydrogens is 1170 g/mol. The van der Waals surface area contributed by atoms with Crippen molar-refractivity contribution in [2.45, 2.75) is 0 Å². The monoisotopic (exact) mass is 1260 g/mol. The normalized spacial score (nSPS) is 16.8. The number of benzene rings is 14. The highest BCUT2D eigenvalue weighted by Crippen LogP contribution is 2.53. The van der Waals surface area contributed by atoms with E-state index in [-0.39, 0.29) is 138 Å². The molecule has 0 bridgehead atoms. The fourth-order valence-corrected chi connectivity index (χ4v) is 12.8. The van der Waals surface area contributed by atoms with Crippen molar-refractivity contribution in [2.75, 3.05) is 0 Å². The first-order valence-corrected chi connectivity index (χ1v) is 29.3. The van der Waals surface area contributed by atoms with Crippen LogP contribution in [0.25, 0.3) is 194 Å². The van der Waals surface area contributed by atoms with E-state index in [1.54, 1.807) is 18.2 Å². The van der Waals surface area contributed by atoms with Crippen LogP contribution in [0, 0.1) is 6.57 Å². The van der Waals surface area contributed by atoms with Gasteiger partial charge in [-0.3, -0.25) is 0 Å². The molecule has 0 radical (unpaired) electrons. The van der Waals surface area contributed by atoms with Crippen LogP contribution in [0.1, 0.15) is 48.0 Å². The molecule has 0 N–H and O–H groups in total. The van der Waals surface area contributed by atoms with Gasteiger partial charge >= 0.3 is 0 Å². The topological polar surface area (TPSA) is 79.2 Å². The summed E-state index contributed by atoms with van der Waals surface area (Å²) in [6.07, 6.45) is 0. The number of nitrogens with zero attached hydrogens (tertiary/aromatic N) is 6. The van der Waals surface area contributed by atoms with E-state index in [4.69, 9.17) is 49.0 Å². The minimum absolute atomic E-state index is 0.00404. The van der Waals surface area contributed by atoms with Gasteiger partial charge < -0.3 is 18.0 Å². The summed E-state index contributed by atoms with van der Waals surface area (Å²) in [5.41, 5.74) is -5.70. The van der Waals surface area contributed by atoms with Crippen molar-refractivity contribution in [3.05, 3.63) is 326 Å². The molecule has 0 atom stereocenters. The third-order valence-corrected chi connectivity index (χ3v) is 16.8. The van der Waals surface area contributed by atoms with Crippen molar-refractivity contribution in [1.82, 2.24) is 24.1 Å². The third-order valence-electron chi connectivity index (χ3n) is 16.8. The van der Waals surface area contributed by atoms with Crippen LogP contribution in [-0.2, 0) is 0 Å². The SMILES string of the molecule is [2H]c1c([2H])c([2H])c(-c2ccc3oc4c(ccc5c4c4cc(-c6c([2H])c([2H])c([2H])c([2H])c6[2H])ccc4n5-c4c([N+]#[C-])cc(-c5nc(-c6c([2H])c([2H])c([2H])c([2H])c6[2H])nc(-c6c([2H])c([2H])c([2H])c([2H])c6[2H])n5)c(-c5c([2H])c([2H])c([2H])c([2H])c5[2H])c4-n4c5ccc(-c6c([2H])c([2H])c([2H])c([2H])c6[2H])cc5c5c6oc7ccc(-c8c([2H])c([2H])c([2H])c([2H])c8[2H])cc7c6ccc54)c3c2)c([2H])c1[2H]. The first-order valence-electron chi connectivity index (χ1n) is 46.8. The lowest BCUT2D eigenvalue weighted by atomic mass is 9.93. The number of hydrogen-bond acceptors (Lipinski definition) is 5. The van der Waals surface area contributed by atoms with Gasteiger partial charge in [0.15, 0.2) is 17.5 Å². The summed E-state index contributed by atoms with van der Waals surface area (Å²) in [6.45, 7) is 9.86. The van der Waals surface area contributed by atoms with Gasteiger partial charge in [-0.05, 0) is 129 Å².